The van der Waals surface area contributed by atoms with E-state index in [9.17, 15) is 13.2 Å². The molecule has 1 saturated heterocycles. The van der Waals surface area contributed by atoms with Crippen LogP contribution in [0.25, 0.3) is 0 Å². The molecule has 2 rings (SSSR count). The van der Waals surface area contributed by atoms with Crippen molar-refractivity contribution >= 4 is 5.82 Å². The summed E-state index contributed by atoms with van der Waals surface area (Å²) in [5.74, 6) is 4.82. The third kappa shape index (κ3) is 2.77. The van der Waals surface area contributed by atoms with E-state index >= 15 is 0 Å². The van der Waals surface area contributed by atoms with Crippen LogP contribution in [0.2, 0.25) is 0 Å². The third-order valence-corrected chi connectivity index (χ3v) is 2.17. The minimum absolute atomic E-state index is 0.102. The first-order chi connectivity index (χ1) is 7.99. The molecule has 5 nitrogen and oxygen atoms in total. The van der Waals surface area contributed by atoms with Crippen molar-refractivity contribution in [3.8, 4) is 5.88 Å². The Bertz CT molecular complexity index is 407. The SMILES string of the molecule is NNc1cc(C(F)(F)F)cc(OC2COC2)n1. The summed E-state index contributed by atoms with van der Waals surface area (Å²) in [6.45, 7) is 0.701. The molecule has 3 N–H and O–H groups in total. The van der Waals surface area contributed by atoms with Gasteiger partial charge in [0, 0.05) is 6.07 Å². The molecule has 0 bridgehead atoms. The van der Waals surface area contributed by atoms with Crippen molar-refractivity contribution < 1.29 is 22.6 Å². The number of nitrogen functional groups attached to an aromatic ring is 1. The van der Waals surface area contributed by atoms with Gasteiger partial charge in [-0.3, -0.25) is 0 Å². The number of rotatable bonds is 3. The molecule has 0 spiro atoms. The number of hydrazine groups is 1. The summed E-state index contributed by atoms with van der Waals surface area (Å²) in [6.07, 6.45) is -4.72. The summed E-state index contributed by atoms with van der Waals surface area (Å²) >= 11 is 0. The molecule has 0 atom stereocenters. The van der Waals surface area contributed by atoms with E-state index in [2.05, 4.69) is 10.4 Å². The van der Waals surface area contributed by atoms with Crippen LogP contribution < -0.4 is 16.0 Å². The van der Waals surface area contributed by atoms with Gasteiger partial charge in [0.25, 0.3) is 0 Å². The second-order valence-electron chi connectivity index (χ2n) is 3.50. The molecule has 17 heavy (non-hydrogen) atoms. The van der Waals surface area contributed by atoms with Gasteiger partial charge in [-0.05, 0) is 6.07 Å². The lowest BCUT2D eigenvalue weighted by molar-refractivity contribution is -0.138. The van der Waals surface area contributed by atoms with Crippen LogP contribution in [-0.4, -0.2) is 24.3 Å². The van der Waals surface area contributed by atoms with Gasteiger partial charge < -0.3 is 14.9 Å². The number of nitrogens with zero attached hydrogens (tertiary/aromatic N) is 1. The molecule has 1 aromatic heterocycles. The van der Waals surface area contributed by atoms with Crippen LogP contribution in [0.1, 0.15) is 5.56 Å². The molecular weight excluding hydrogens is 239 g/mol. The Morgan fingerprint density at radius 2 is 2.12 bits per heavy atom. The number of alkyl halides is 3. The Morgan fingerprint density at radius 3 is 2.59 bits per heavy atom. The molecule has 0 radical (unpaired) electrons. The predicted molar refractivity (Wildman–Crippen MR) is 52.3 cm³/mol. The summed E-state index contributed by atoms with van der Waals surface area (Å²) in [6, 6.07) is 1.64. The maximum atomic E-state index is 12.5. The van der Waals surface area contributed by atoms with Gasteiger partial charge in [-0.15, -0.1) is 0 Å². The number of hydrogen-bond donors (Lipinski definition) is 2. The van der Waals surface area contributed by atoms with Crippen molar-refractivity contribution in [1.29, 1.82) is 0 Å². The quantitative estimate of drug-likeness (QED) is 0.621. The first-order valence-corrected chi connectivity index (χ1v) is 4.79. The van der Waals surface area contributed by atoms with Crippen molar-refractivity contribution in [2.45, 2.75) is 12.3 Å². The van der Waals surface area contributed by atoms with E-state index in [0.29, 0.717) is 13.2 Å². The number of pyridine rings is 1. The van der Waals surface area contributed by atoms with Crippen LogP contribution in [0, 0.1) is 0 Å². The van der Waals surface area contributed by atoms with E-state index in [-0.39, 0.29) is 17.8 Å². The second kappa shape index (κ2) is 4.38. The van der Waals surface area contributed by atoms with E-state index in [4.69, 9.17) is 15.3 Å². The summed E-state index contributed by atoms with van der Waals surface area (Å²) in [7, 11) is 0. The smallest absolute Gasteiger partial charge is 0.416 e. The topological polar surface area (TPSA) is 69.4 Å². The molecule has 1 aliphatic rings. The lowest BCUT2D eigenvalue weighted by Gasteiger charge is -2.26. The predicted octanol–water partition coefficient (Wildman–Crippen LogP) is 1.16. The molecule has 1 aliphatic heterocycles. The van der Waals surface area contributed by atoms with Crippen LogP contribution in [0.5, 0.6) is 5.88 Å². The maximum Gasteiger partial charge on any atom is 0.416 e. The molecule has 0 aliphatic carbocycles. The molecule has 0 amide bonds. The van der Waals surface area contributed by atoms with E-state index in [0.717, 1.165) is 12.1 Å². The van der Waals surface area contributed by atoms with Crippen molar-refractivity contribution in [2.75, 3.05) is 18.6 Å². The van der Waals surface area contributed by atoms with Crippen molar-refractivity contribution in [2.24, 2.45) is 5.84 Å². The number of nitrogens with one attached hydrogen (secondary N) is 1. The molecule has 1 aromatic rings. The van der Waals surface area contributed by atoms with E-state index in [1.807, 2.05) is 0 Å². The highest BCUT2D eigenvalue weighted by Crippen LogP contribution is 2.32. The fourth-order valence-electron chi connectivity index (χ4n) is 1.26. The van der Waals surface area contributed by atoms with Gasteiger partial charge in [0.15, 0.2) is 0 Å². The second-order valence-corrected chi connectivity index (χ2v) is 3.50. The number of hydrogen-bond acceptors (Lipinski definition) is 5. The fraction of sp³-hybridized carbons (Fsp3) is 0.444. The zero-order valence-corrected chi connectivity index (χ0v) is 8.62. The summed E-state index contributed by atoms with van der Waals surface area (Å²) in [4.78, 5) is 3.77. The van der Waals surface area contributed by atoms with Crippen LogP contribution in [0.4, 0.5) is 19.0 Å². The Kier molecular flexibility index (Phi) is 3.07. The van der Waals surface area contributed by atoms with Crippen molar-refractivity contribution in [1.82, 2.24) is 4.98 Å². The highest BCUT2D eigenvalue weighted by molar-refractivity contribution is 5.41. The van der Waals surface area contributed by atoms with Crippen LogP contribution in [0.3, 0.4) is 0 Å². The third-order valence-electron chi connectivity index (χ3n) is 2.17. The molecule has 94 valence electrons. The Labute approximate surface area is 94.7 Å². The first-order valence-electron chi connectivity index (χ1n) is 4.79. The molecule has 1 fully saturated rings. The zero-order chi connectivity index (χ0) is 12.5. The summed E-state index contributed by atoms with van der Waals surface area (Å²) in [5, 5.41) is 0. The summed E-state index contributed by atoms with van der Waals surface area (Å²) in [5.41, 5.74) is 1.20. The lowest BCUT2D eigenvalue weighted by Crippen LogP contribution is -2.38. The standard InChI is InChI=1S/C9H10F3N3O2/c10-9(11,12)5-1-7(15-13)14-8(2-5)17-6-3-16-4-6/h1-2,6H,3-4,13H2,(H,14,15). The van der Waals surface area contributed by atoms with Gasteiger partial charge in [0.05, 0.1) is 18.8 Å². The normalized spacial score (nSPS) is 16.5. The number of anilines is 1. The Morgan fingerprint density at radius 1 is 1.41 bits per heavy atom. The molecule has 0 saturated carbocycles. The molecule has 8 heteroatoms. The van der Waals surface area contributed by atoms with Gasteiger partial charge in [0.2, 0.25) is 5.88 Å². The number of aromatic nitrogens is 1. The zero-order valence-electron chi connectivity index (χ0n) is 8.62. The van der Waals surface area contributed by atoms with E-state index in [1.165, 1.54) is 0 Å². The van der Waals surface area contributed by atoms with Gasteiger partial charge in [-0.2, -0.15) is 18.2 Å². The molecular formula is C9H10F3N3O2. The van der Waals surface area contributed by atoms with Crippen LogP contribution in [0.15, 0.2) is 12.1 Å². The van der Waals surface area contributed by atoms with Gasteiger partial charge in [-0.1, -0.05) is 0 Å². The largest absolute Gasteiger partial charge is 0.469 e. The molecule has 0 aromatic carbocycles. The van der Waals surface area contributed by atoms with Crippen LogP contribution >= 0.6 is 0 Å². The van der Waals surface area contributed by atoms with E-state index in [1.54, 1.807) is 0 Å². The summed E-state index contributed by atoms with van der Waals surface area (Å²) < 4.78 is 47.7. The van der Waals surface area contributed by atoms with Crippen molar-refractivity contribution in [3.05, 3.63) is 17.7 Å². The van der Waals surface area contributed by atoms with Gasteiger partial charge >= 0.3 is 6.18 Å². The van der Waals surface area contributed by atoms with Gasteiger partial charge in [0.1, 0.15) is 11.9 Å². The lowest BCUT2D eigenvalue weighted by atomic mass is 10.2. The minimum atomic E-state index is -4.47. The van der Waals surface area contributed by atoms with Crippen LogP contribution in [-0.2, 0) is 10.9 Å². The minimum Gasteiger partial charge on any atom is -0.469 e. The Hall–Kier alpha value is -1.54. The van der Waals surface area contributed by atoms with Gasteiger partial charge in [-0.25, -0.2) is 5.84 Å². The fourth-order valence-corrected chi connectivity index (χ4v) is 1.26. The average molecular weight is 249 g/mol. The maximum absolute atomic E-state index is 12.5. The number of ether oxygens (including phenoxy) is 2. The monoisotopic (exact) mass is 249 g/mol. The molecule has 2 heterocycles. The first kappa shape index (κ1) is 11.9. The Balaban J connectivity index is 2.24. The highest BCUT2D eigenvalue weighted by Gasteiger charge is 2.32. The number of nitrogens with two attached hydrogens (primary N) is 1. The molecule has 0 unspecified atom stereocenters. The number of halogens is 3. The van der Waals surface area contributed by atoms with E-state index < -0.39 is 11.7 Å². The van der Waals surface area contributed by atoms with Crippen molar-refractivity contribution in [3.63, 3.8) is 0 Å². The highest BCUT2D eigenvalue weighted by atomic mass is 19.4. The average Bonchev–Trinajstić information content (AvgIpc) is 2.22.